The molecule has 21 heavy (non-hydrogen) atoms. The molecule has 0 atom stereocenters. The van der Waals surface area contributed by atoms with Gasteiger partial charge < -0.3 is 4.74 Å². The lowest BCUT2D eigenvalue weighted by Crippen LogP contribution is -2.06. The highest BCUT2D eigenvalue weighted by molar-refractivity contribution is 6.67. The number of carbonyl (C=O) groups is 1. The maximum absolute atomic E-state index is 12.6. The van der Waals surface area contributed by atoms with Crippen LogP contribution >= 0.6 is 11.6 Å². The third-order valence-electron chi connectivity index (χ3n) is 2.74. The molecule has 2 rings (SSSR count). The monoisotopic (exact) mass is 314 g/mol. The normalized spacial score (nSPS) is 11.2. The second kappa shape index (κ2) is 6.18. The van der Waals surface area contributed by atoms with Gasteiger partial charge in [0, 0.05) is 5.56 Å². The van der Waals surface area contributed by atoms with Crippen LogP contribution in [-0.4, -0.2) is 5.24 Å². The summed E-state index contributed by atoms with van der Waals surface area (Å²) in [6.07, 6.45) is -4.38. The SMILES string of the molecule is O=C(Cl)c1ccc(OCc2cccc(C(F)(F)F)c2)cc1. The first kappa shape index (κ1) is 15.4. The van der Waals surface area contributed by atoms with E-state index in [-0.39, 0.29) is 6.61 Å². The van der Waals surface area contributed by atoms with E-state index in [4.69, 9.17) is 16.3 Å². The van der Waals surface area contributed by atoms with E-state index in [1.807, 2.05) is 0 Å². The molecule has 0 N–H and O–H groups in total. The molecule has 0 radical (unpaired) electrons. The van der Waals surface area contributed by atoms with Crippen LogP contribution in [0.1, 0.15) is 21.5 Å². The van der Waals surface area contributed by atoms with E-state index in [0.29, 0.717) is 16.9 Å². The maximum atomic E-state index is 12.6. The third-order valence-corrected chi connectivity index (χ3v) is 2.96. The van der Waals surface area contributed by atoms with Crippen molar-refractivity contribution in [1.29, 1.82) is 0 Å². The van der Waals surface area contributed by atoms with E-state index in [1.54, 1.807) is 6.07 Å². The van der Waals surface area contributed by atoms with Crippen LogP contribution in [0.4, 0.5) is 13.2 Å². The molecule has 2 aromatic rings. The van der Waals surface area contributed by atoms with Crippen LogP contribution in [0.5, 0.6) is 5.75 Å². The summed E-state index contributed by atoms with van der Waals surface area (Å²) < 4.78 is 43.1. The first-order valence-corrected chi connectivity index (χ1v) is 6.33. The topological polar surface area (TPSA) is 26.3 Å². The Morgan fingerprint density at radius 1 is 1.10 bits per heavy atom. The molecule has 110 valence electrons. The Bertz CT molecular complexity index is 636. The highest BCUT2D eigenvalue weighted by atomic mass is 35.5. The molecule has 0 aliphatic heterocycles. The van der Waals surface area contributed by atoms with Crippen molar-refractivity contribution in [1.82, 2.24) is 0 Å². The number of carbonyl (C=O) groups excluding carboxylic acids is 1. The summed E-state index contributed by atoms with van der Waals surface area (Å²) in [4.78, 5) is 10.9. The van der Waals surface area contributed by atoms with Gasteiger partial charge in [0.25, 0.3) is 5.24 Å². The Morgan fingerprint density at radius 3 is 2.33 bits per heavy atom. The van der Waals surface area contributed by atoms with E-state index in [0.717, 1.165) is 12.1 Å². The Kier molecular flexibility index (Phi) is 4.53. The highest BCUT2D eigenvalue weighted by Gasteiger charge is 2.30. The molecule has 6 heteroatoms. The minimum Gasteiger partial charge on any atom is -0.489 e. The lowest BCUT2D eigenvalue weighted by Gasteiger charge is -2.10. The van der Waals surface area contributed by atoms with E-state index in [9.17, 15) is 18.0 Å². The van der Waals surface area contributed by atoms with Gasteiger partial charge in [-0.25, -0.2) is 0 Å². The number of halogens is 4. The lowest BCUT2D eigenvalue weighted by molar-refractivity contribution is -0.137. The van der Waals surface area contributed by atoms with Crippen molar-refractivity contribution < 1.29 is 22.7 Å². The minimum atomic E-state index is -4.38. The molecular formula is C15H10ClF3O2. The van der Waals surface area contributed by atoms with E-state index >= 15 is 0 Å². The van der Waals surface area contributed by atoms with Crippen LogP contribution in [0, 0.1) is 0 Å². The number of hydrogen-bond acceptors (Lipinski definition) is 2. The smallest absolute Gasteiger partial charge is 0.416 e. The van der Waals surface area contributed by atoms with E-state index in [1.165, 1.54) is 30.3 Å². The Hall–Kier alpha value is -2.01. The molecule has 0 aromatic heterocycles. The Morgan fingerprint density at radius 2 is 1.76 bits per heavy atom. The molecule has 0 saturated carbocycles. The van der Waals surface area contributed by atoms with Crippen molar-refractivity contribution >= 4 is 16.8 Å². The summed E-state index contributed by atoms with van der Waals surface area (Å²) >= 11 is 5.30. The van der Waals surface area contributed by atoms with Gasteiger partial charge in [-0.1, -0.05) is 12.1 Å². The van der Waals surface area contributed by atoms with Crippen LogP contribution in [0.3, 0.4) is 0 Å². The quantitative estimate of drug-likeness (QED) is 0.767. The third kappa shape index (κ3) is 4.23. The number of rotatable bonds is 4. The summed E-state index contributed by atoms with van der Waals surface area (Å²) in [7, 11) is 0. The average Bonchev–Trinajstić information content (AvgIpc) is 2.45. The van der Waals surface area contributed by atoms with Crippen LogP contribution in [0.2, 0.25) is 0 Å². The number of hydrogen-bond donors (Lipinski definition) is 0. The largest absolute Gasteiger partial charge is 0.489 e. The van der Waals surface area contributed by atoms with Gasteiger partial charge >= 0.3 is 6.18 Å². The van der Waals surface area contributed by atoms with Gasteiger partial charge in [-0.15, -0.1) is 0 Å². The fraction of sp³-hybridized carbons (Fsp3) is 0.133. The van der Waals surface area contributed by atoms with Crippen LogP contribution < -0.4 is 4.74 Å². The summed E-state index contributed by atoms with van der Waals surface area (Å²) in [5.74, 6) is 0.439. The molecule has 0 aliphatic carbocycles. The summed E-state index contributed by atoms with van der Waals surface area (Å²) in [5, 5.41) is -0.584. The van der Waals surface area contributed by atoms with Crippen molar-refractivity contribution in [2.75, 3.05) is 0 Å². The number of alkyl halides is 3. The predicted octanol–water partition coefficient (Wildman–Crippen LogP) is 4.66. The standard InChI is InChI=1S/C15H10ClF3O2/c16-14(20)11-4-6-13(7-5-11)21-9-10-2-1-3-12(8-10)15(17,18)19/h1-8H,9H2. The number of ether oxygens (including phenoxy) is 1. The molecule has 0 bridgehead atoms. The van der Waals surface area contributed by atoms with Crippen molar-refractivity contribution in [3.8, 4) is 5.75 Å². The van der Waals surface area contributed by atoms with Crippen LogP contribution in [-0.2, 0) is 12.8 Å². The molecule has 0 aliphatic rings. The van der Waals surface area contributed by atoms with E-state index in [2.05, 4.69) is 0 Å². The van der Waals surface area contributed by atoms with Gasteiger partial charge in [-0.05, 0) is 53.6 Å². The van der Waals surface area contributed by atoms with Crippen molar-refractivity contribution in [2.45, 2.75) is 12.8 Å². The average molecular weight is 315 g/mol. The first-order chi connectivity index (χ1) is 9.86. The molecule has 0 heterocycles. The molecule has 0 unspecified atom stereocenters. The van der Waals surface area contributed by atoms with Gasteiger partial charge in [0.05, 0.1) is 5.56 Å². The van der Waals surface area contributed by atoms with Gasteiger partial charge in [0.15, 0.2) is 0 Å². The van der Waals surface area contributed by atoms with Crippen molar-refractivity contribution in [3.05, 3.63) is 65.2 Å². The zero-order valence-electron chi connectivity index (χ0n) is 10.7. The van der Waals surface area contributed by atoms with Gasteiger partial charge in [-0.2, -0.15) is 13.2 Å². The summed E-state index contributed by atoms with van der Waals surface area (Å²) in [6.45, 7) is -0.00190. The second-order valence-corrected chi connectivity index (χ2v) is 4.63. The second-order valence-electron chi connectivity index (χ2n) is 4.28. The summed E-state index contributed by atoms with van der Waals surface area (Å²) in [5.41, 5.74) is 0.0112. The lowest BCUT2D eigenvalue weighted by atomic mass is 10.1. The maximum Gasteiger partial charge on any atom is 0.416 e. The fourth-order valence-corrected chi connectivity index (χ4v) is 1.81. The van der Waals surface area contributed by atoms with Crippen LogP contribution in [0.25, 0.3) is 0 Å². The zero-order chi connectivity index (χ0) is 15.5. The fourth-order valence-electron chi connectivity index (χ4n) is 1.69. The zero-order valence-corrected chi connectivity index (χ0v) is 11.4. The first-order valence-electron chi connectivity index (χ1n) is 5.95. The van der Waals surface area contributed by atoms with Gasteiger partial charge in [-0.3, -0.25) is 4.79 Å². The number of benzene rings is 2. The highest BCUT2D eigenvalue weighted by Crippen LogP contribution is 2.29. The Labute approximate surface area is 124 Å². The van der Waals surface area contributed by atoms with Crippen molar-refractivity contribution in [3.63, 3.8) is 0 Å². The molecule has 0 saturated heterocycles. The Balaban J connectivity index is 2.04. The molecule has 0 fully saturated rings. The molecule has 0 amide bonds. The van der Waals surface area contributed by atoms with Crippen molar-refractivity contribution in [2.24, 2.45) is 0 Å². The van der Waals surface area contributed by atoms with Crippen LogP contribution in [0.15, 0.2) is 48.5 Å². The molecule has 0 spiro atoms. The van der Waals surface area contributed by atoms with Gasteiger partial charge in [0.1, 0.15) is 12.4 Å². The minimum absolute atomic E-state index is 0.00190. The molecular weight excluding hydrogens is 305 g/mol. The molecule has 2 nitrogen and oxygen atoms in total. The summed E-state index contributed by atoms with van der Waals surface area (Å²) in [6, 6.07) is 10.9. The van der Waals surface area contributed by atoms with E-state index < -0.39 is 17.0 Å². The predicted molar refractivity (Wildman–Crippen MR) is 72.4 cm³/mol. The van der Waals surface area contributed by atoms with Gasteiger partial charge in [0.2, 0.25) is 0 Å². The molecule has 2 aromatic carbocycles.